The van der Waals surface area contributed by atoms with Crippen LogP contribution >= 0.6 is 0 Å². The molecule has 0 saturated carbocycles. The summed E-state index contributed by atoms with van der Waals surface area (Å²) in [5.74, 6) is 0. The highest BCUT2D eigenvalue weighted by Gasteiger charge is 2.26. The van der Waals surface area contributed by atoms with Gasteiger partial charge in [0.1, 0.15) is 6.17 Å². The first kappa shape index (κ1) is 7.44. The van der Waals surface area contributed by atoms with Crippen molar-refractivity contribution in [3.8, 4) is 0 Å². The van der Waals surface area contributed by atoms with Gasteiger partial charge in [0.15, 0.2) is 0 Å². The zero-order valence-corrected chi connectivity index (χ0v) is 7.51. The molecule has 14 heavy (non-hydrogen) atoms. The highest BCUT2D eigenvalue weighted by Crippen LogP contribution is 2.22. The maximum Gasteiger partial charge on any atom is 0.147 e. The lowest BCUT2D eigenvalue weighted by Gasteiger charge is -2.38. The van der Waals surface area contributed by atoms with Crippen molar-refractivity contribution in [3.05, 3.63) is 48.2 Å². The Hall–Kier alpha value is -1.97. The standard InChI is InChI=1S/C10H10N4/c1-2-4-14-8(3-1)5-12-9-6-11-7-13-10(9)14/h1-7,10,12H,(H,11,13). The lowest BCUT2D eigenvalue weighted by Crippen LogP contribution is -2.50. The van der Waals surface area contributed by atoms with Crippen LogP contribution in [0.1, 0.15) is 0 Å². The highest BCUT2D eigenvalue weighted by molar-refractivity contribution is 5.59. The molecule has 3 heterocycles. The number of fused-ring (bicyclic) bond motifs is 3. The van der Waals surface area contributed by atoms with E-state index in [1.54, 1.807) is 6.34 Å². The molecule has 3 aliphatic heterocycles. The van der Waals surface area contributed by atoms with Crippen molar-refractivity contribution in [2.24, 2.45) is 4.99 Å². The van der Waals surface area contributed by atoms with E-state index in [0.29, 0.717) is 0 Å². The summed E-state index contributed by atoms with van der Waals surface area (Å²) in [4.78, 5) is 6.20. The molecule has 3 aliphatic rings. The van der Waals surface area contributed by atoms with Crippen LogP contribution in [0.2, 0.25) is 0 Å². The topological polar surface area (TPSA) is 39.7 Å². The summed E-state index contributed by atoms with van der Waals surface area (Å²) in [5, 5.41) is 6.41. The summed E-state index contributed by atoms with van der Waals surface area (Å²) in [5.41, 5.74) is 2.22. The Morgan fingerprint density at radius 3 is 3.36 bits per heavy atom. The summed E-state index contributed by atoms with van der Waals surface area (Å²) < 4.78 is 0. The molecule has 1 unspecified atom stereocenters. The maximum atomic E-state index is 4.04. The average Bonchev–Trinajstić information content (AvgIpc) is 2.29. The van der Waals surface area contributed by atoms with E-state index in [-0.39, 0.29) is 6.17 Å². The Labute approximate surface area is 82.0 Å². The number of nitrogens with zero attached hydrogens (tertiary/aromatic N) is 2. The van der Waals surface area contributed by atoms with Crippen LogP contribution in [-0.4, -0.2) is 17.4 Å². The zero-order chi connectivity index (χ0) is 9.38. The molecule has 0 radical (unpaired) electrons. The van der Waals surface area contributed by atoms with Crippen LogP contribution in [0.5, 0.6) is 0 Å². The average molecular weight is 186 g/mol. The minimum Gasteiger partial charge on any atom is -0.359 e. The predicted molar refractivity (Wildman–Crippen MR) is 54.8 cm³/mol. The molecule has 4 nitrogen and oxygen atoms in total. The van der Waals surface area contributed by atoms with Crippen LogP contribution in [0.25, 0.3) is 0 Å². The summed E-state index contributed by atoms with van der Waals surface area (Å²) in [6, 6.07) is 0. The van der Waals surface area contributed by atoms with Crippen LogP contribution < -0.4 is 10.6 Å². The van der Waals surface area contributed by atoms with Crippen molar-refractivity contribution in [1.82, 2.24) is 15.5 Å². The van der Waals surface area contributed by atoms with Gasteiger partial charge in [-0.05, 0) is 12.2 Å². The minimum absolute atomic E-state index is 0.147. The van der Waals surface area contributed by atoms with Gasteiger partial charge in [-0.1, -0.05) is 6.08 Å². The van der Waals surface area contributed by atoms with Crippen molar-refractivity contribution in [2.75, 3.05) is 0 Å². The third-order valence-corrected chi connectivity index (χ3v) is 2.40. The van der Waals surface area contributed by atoms with Crippen molar-refractivity contribution < 1.29 is 0 Å². The Balaban J connectivity index is 2.02. The quantitative estimate of drug-likeness (QED) is 0.582. The van der Waals surface area contributed by atoms with E-state index in [4.69, 9.17) is 0 Å². The van der Waals surface area contributed by atoms with Gasteiger partial charge in [-0.2, -0.15) is 0 Å². The Morgan fingerprint density at radius 1 is 1.36 bits per heavy atom. The molecule has 70 valence electrons. The van der Waals surface area contributed by atoms with Crippen LogP contribution in [0.3, 0.4) is 0 Å². The summed E-state index contributed by atoms with van der Waals surface area (Å²) in [7, 11) is 0. The largest absolute Gasteiger partial charge is 0.359 e. The fraction of sp³-hybridized carbons (Fsp3) is 0.100. The lowest BCUT2D eigenvalue weighted by molar-refractivity contribution is 0.337. The van der Waals surface area contributed by atoms with Gasteiger partial charge in [-0.15, -0.1) is 0 Å². The highest BCUT2D eigenvalue weighted by atomic mass is 15.3. The van der Waals surface area contributed by atoms with Gasteiger partial charge in [-0.25, -0.2) is 4.99 Å². The molecule has 0 amide bonds. The summed E-state index contributed by atoms with van der Waals surface area (Å²) in [6.45, 7) is 0. The second-order valence-electron chi connectivity index (χ2n) is 3.25. The first-order valence-corrected chi connectivity index (χ1v) is 4.53. The molecule has 0 fully saturated rings. The molecular weight excluding hydrogens is 176 g/mol. The lowest BCUT2D eigenvalue weighted by atomic mass is 10.2. The molecule has 3 rings (SSSR count). The molecule has 0 bridgehead atoms. The van der Waals surface area contributed by atoms with E-state index in [1.165, 1.54) is 0 Å². The van der Waals surface area contributed by atoms with Gasteiger partial charge in [0.25, 0.3) is 0 Å². The Morgan fingerprint density at radius 2 is 2.36 bits per heavy atom. The Bertz CT molecular complexity index is 400. The summed E-state index contributed by atoms with van der Waals surface area (Å²) in [6.07, 6.45) is 13.8. The SMILES string of the molecule is C1=CC2=CNC3=CN=CNC3N2C=C1. The maximum absolute atomic E-state index is 4.04. The molecule has 4 heteroatoms. The minimum atomic E-state index is 0.147. The Kier molecular flexibility index (Phi) is 1.47. The van der Waals surface area contributed by atoms with Gasteiger partial charge >= 0.3 is 0 Å². The van der Waals surface area contributed by atoms with Gasteiger partial charge in [-0.3, -0.25) is 0 Å². The van der Waals surface area contributed by atoms with Crippen LogP contribution in [0.15, 0.2) is 53.2 Å². The van der Waals surface area contributed by atoms with Crippen LogP contribution in [0, 0.1) is 0 Å². The molecule has 0 aromatic carbocycles. The second-order valence-corrected chi connectivity index (χ2v) is 3.25. The van der Waals surface area contributed by atoms with Crippen LogP contribution in [-0.2, 0) is 0 Å². The fourth-order valence-electron chi connectivity index (χ4n) is 1.72. The van der Waals surface area contributed by atoms with Gasteiger partial charge in [0, 0.05) is 12.4 Å². The predicted octanol–water partition coefficient (Wildman–Crippen LogP) is 0.616. The molecule has 0 aromatic heterocycles. The first-order valence-electron chi connectivity index (χ1n) is 4.53. The zero-order valence-electron chi connectivity index (χ0n) is 7.51. The molecule has 0 spiro atoms. The van der Waals surface area contributed by atoms with E-state index < -0.39 is 0 Å². The number of rotatable bonds is 0. The number of hydrogen-bond donors (Lipinski definition) is 2. The van der Waals surface area contributed by atoms with Gasteiger partial charge in [0.2, 0.25) is 0 Å². The smallest absolute Gasteiger partial charge is 0.147 e. The number of hydrogen-bond acceptors (Lipinski definition) is 4. The number of aliphatic imine (C=N–C) groups is 1. The fourth-order valence-corrected chi connectivity index (χ4v) is 1.72. The van der Waals surface area contributed by atoms with Crippen LogP contribution in [0.4, 0.5) is 0 Å². The number of nitrogens with one attached hydrogen (secondary N) is 2. The van der Waals surface area contributed by atoms with Crippen molar-refractivity contribution in [1.29, 1.82) is 0 Å². The van der Waals surface area contributed by atoms with Crippen molar-refractivity contribution in [3.63, 3.8) is 0 Å². The van der Waals surface area contributed by atoms with E-state index in [2.05, 4.69) is 32.8 Å². The second kappa shape index (κ2) is 2.77. The number of allylic oxidation sites excluding steroid dienone is 3. The van der Waals surface area contributed by atoms with Crippen molar-refractivity contribution >= 4 is 6.34 Å². The molecule has 0 aromatic rings. The van der Waals surface area contributed by atoms with Gasteiger partial charge < -0.3 is 15.5 Å². The molecule has 1 atom stereocenters. The van der Waals surface area contributed by atoms with E-state index in [1.807, 2.05) is 24.6 Å². The molecule has 2 N–H and O–H groups in total. The van der Waals surface area contributed by atoms with Crippen molar-refractivity contribution in [2.45, 2.75) is 6.17 Å². The monoisotopic (exact) mass is 186 g/mol. The van der Waals surface area contributed by atoms with E-state index in [9.17, 15) is 0 Å². The van der Waals surface area contributed by atoms with E-state index >= 15 is 0 Å². The first-order chi connectivity index (χ1) is 6.95. The summed E-state index contributed by atoms with van der Waals surface area (Å²) >= 11 is 0. The molecule has 0 saturated heterocycles. The third kappa shape index (κ3) is 0.970. The van der Waals surface area contributed by atoms with E-state index in [0.717, 1.165) is 11.4 Å². The molecular formula is C10H10N4. The third-order valence-electron chi connectivity index (χ3n) is 2.40. The molecule has 0 aliphatic carbocycles. The normalized spacial score (nSPS) is 26.9. The van der Waals surface area contributed by atoms with Gasteiger partial charge in [0.05, 0.1) is 23.9 Å².